The van der Waals surface area contributed by atoms with Crippen LogP contribution in [-0.2, 0) is 0 Å². The molecule has 0 fully saturated rings. The van der Waals surface area contributed by atoms with E-state index < -0.39 is 0 Å². The number of hydrogen-bond donors (Lipinski definition) is 2. The Labute approximate surface area is 121 Å². The third-order valence-electron chi connectivity index (χ3n) is 2.53. The van der Waals surface area contributed by atoms with Gasteiger partial charge in [0.25, 0.3) is 0 Å². The van der Waals surface area contributed by atoms with Gasteiger partial charge in [-0.15, -0.1) is 0 Å². The van der Waals surface area contributed by atoms with Gasteiger partial charge in [0.2, 0.25) is 0 Å². The van der Waals surface area contributed by atoms with E-state index in [0.29, 0.717) is 15.8 Å². The molecule has 2 N–H and O–H groups in total. The van der Waals surface area contributed by atoms with E-state index in [-0.39, 0.29) is 5.82 Å². The first-order valence-electron chi connectivity index (χ1n) is 5.64. The van der Waals surface area contributed by atoms with Crippen LogP contribution in [0, 0.1) is 12.7 Å². The molecule has 2 rings (SSSR count). The predicted molar refractivity (Wildman–Crippen MR) is 82.4 cm³/mol. The minimum atomic E-state index is -0.307. The topological polar surface area (TPSA) is 24.1 Å². The number of anilines is 2. The lowest BCUT2D eigenvalue weighted by atomic mass is 10.2. The zero-order valence-electron chi connectivity index (χ0n) is 10.2. The zero-order chi connectivity index (χ0) is 13.8. The van der Waals surface area contributed by atoms with Crippen LogP contribution in [0.4, 0.5) is 15.8 Å². The first-order chi connectivity index (χ1) is 9.04. The van der Waals surface area contributed by atoms with Crippen LogP contribution in [0.1, 0.15) is 5.56 Å². The van der Waals surface area contributed by atoms with Gasteiger partial charge >= 0.3 is 0 Å². The molecule has 2 aromatic rings. The summed E-state index contributed by atoms with van der Waals surface area (Å²) in [5.41, 5.74) is 2.33. The minimum absolute atomic E-state index is 0.307. The van der Waals surface area contributed by atoms with E-state index in [1.54, 1.807) is 18.2 Å². The highest BCUT2D eigenvalue weighted by molar-refractivity contribution is 7.80. The van der Waals surface area contributed by atoms with Gasteiger partial charge in [-0.3, -0.25) is 0 Å². The van der Waals surface area contributed by atoms with E-state index in [9.17, 15) is 4.39 Å². The van der Waals surface area contributed by atoms with Crippen LogP contribution < -0.4 is 10.6 Å². The smallest absolute Gasteiger partial charge is 0.175 e. The second-order valence-electron chi connectivity index (χ2n) is 4.05. The third kappa shape index (κ3) is 3.91. The summed E-state index contributed by atoms with van der Waals surface area (Å²) in [5, 5.41) is 6.95. The molecule has 0 aromatic heterocycles. The highest BCUT2D eigenvalue weighted by Crippen LogP contribution is 2.18. The number of benzene rings is 2. The summed E-state index contributed by atoms with van der Waals surface area (Å²) >= 11 is 11.1. The highest BCUT2D eigenvalue weighted by Gasteiger charge is 2.03. The molecule has 0 aliphatic carbocycles. The maximum atomic E-state index is 13.2. The molecular weight excluding hydrogens is 283 g/mol. The standard InChI is InChI=1S/C14H12ClFN2S/c1-9-5-6-11(16)8-13(9)18-14(19)17-12-4-2-3-10(15)7-12/h2-8H,1H3,(H2,17,18,19). The average molecular weight is 295 g/mol. The summed E-state index contributed by atoms with van der Waals surface area (Å²) in [6.07, 6.45) is 0. The van der Waals surface area contributed by atoms with E-state index in [1.165, 1.54) is 12.1 Å². The van der Waals surface area contributed by atoms with Gasteiger partial charge in [-0.05, 0) is 55.0 Å². The van der Waals surface area contributed by atoms with Crippen molar-refractivity contribution in [3.63, 3.8) is 0 Å². The maximum absolute atomic E-state index is 13.2. The van der Waals surface area contributed by atoms with Crippen molar-refractivity contribution >= 4 is 40.3 Å². The van der Waals surface area contributed by atoms with Gasteiger partial charge in [-0.1, -0.05) is 23.7 Å². The molecule has 5 heteroatoms. The molecule has 0 unspecified atom stereocenters. The highest BCUT2D eigenvalue weighted by atomic mass is 35.5. The van der Waals surface area contributed by atoms with Crippen molar-refractivity contribution in [1.29, 1.82) is 0 Å². The minimum Gasteiger partial charge on any atom is -0.332 e. The lowest BCUT2D eigenvalue weighted by Crippen LogP contribution is -2.19. The Kier molecular flexibility index (Phi) is 4.35. The van der Waals surface area contributed by atoms with Crippen LogP contribution in [0.3, 0.4) is 0 Å². The summed E-state index contributed by atoms with van der Waals surface area (Å²) in [6, 6.07) is 11.7. The molecule has 98 valence electrons. The molecule has 0 aliphatic heterocycles. The maximum Gasteiger partial charge on any atom is 0.175 e. The van der Waals surface area contributed by atoms with Crippen LogP contribution in [-0.4, -0.2) is 5.11 Å². The number of halogens is 2. The Morgan fingerprint density at radius 1 is 1.16 bits per heavy atom. The van der Waals surface area contributed by atoms with E-state index in [0.717, 1.165) is 11.3 Å². The van der Waals surface area contributed by atoms with Gasteiger partial charge < -0.3 is 10.6 Å². The molecule has 2 nitrogen and oxygen atoms in total. The normalized spacial score (nSPS) is 10.1. The molecule has 0 aliphatic rings. The number of rotatable bonds is 2. The fourth-order valence-corrected chi connectivity index (χ4v) is 2.00. The molecule has 0 atom stereocenters. The van der Waals surface area contributed by atoms with Crippen molar-refractivity contribution in [3.05, 3.63) is 58.9 Å². The van der Waals surface area contributed by atoms with Crippen molar-refractivity contribution in [1.82, 2.24) is 0 Å². The van der Waals surface area contributed by atoms with Crippen LogP contribution in [0.15, 0.2) is 42.5 Å². The monoisotopic (exact) mass is 294 g/mol. The number of aryl methyl sites for hydroxylation is 1. The molecule has 19 heavy (non-hydrogen) atoms. The fraction of sp³-hybridized carbons (Fsp3) is 0.0714. The molecule has 0 spiro atoms. The first kappa shape index (κ1) is 13.8. The Hall–Kier alpha value is -1.65. The number of thiocarbonyl (C=S) groups is 1. The largest absolute Gasteiger partial charge is 0.332 e. The second-order valence-corrected chi connectivity index (χ2v) is 4.89. The van der Waals surface area contributed by atoms with E-state index in [1.807, 2.05) is 19.1 Å². The molecule has 0 saturated carbocycles. The molecule has 0 saturated heterocycles. The van der Waals surface area contributed by atoms with E-state index >= 15 is 0 Å². The lowest BCUT2D eigenvalue weighted by Gasteiger charge is -2.12. The molecule has 0 amide bonds. The van der Waals surface area contributed by atoms with Crippen molar-refractivity contribution in [2.75, 3.05) is 10.6 Å². The molecule has 2 aromatic carbocycles. The van der Waals surface area contributed by atoms with Crippen molar-refractivity contribution in [2.24, 2.45) is 0 Å². The van der Waals surface area contributed by atoms with Crippen molar-refractivity contribution in [3.8, 4) is 0 Å². The Morgan fingerprint density at radius 3 is 2.68 bits per heavy atom. The van der Waals surface area contributed by atoms with Gasteiger partial charge in [0.05, 0.1) is 0 Å². The first-order valence-corrected chi connectivity index (χ1v) is 6.43. The summed E-state index contributed by atoms with van der Waals surface area (Å²) in [7, 11) is 0. The average Bonchev–Trinajstić information content (AvgIpc) is 2.34. The van der Waals surface area contributed by atoms with Gasteiger partial charge in [0.15, 0.2) is 5.11 Å². The van der Waals surface area contributed by atoms with Crippen LogP contribution in [0.25, 0.3) is 0 Å². The summed E-state index contributed by atoms with van der Waals surface area (Å²) in [5.74, 6) is -0.307. The van der Waals surface area contributed by atoms with E-state index in [4.69, 9.17) is 23.8 Å². The third-order valence-corrected chi connectivity index (χ3v) is 2.97. The Morgan fingerprint density at radius 2 is 1.95 bits per heavy atom. The van der Waals surface area contributed by atoms with Crippen LogP contribution in [0.5, 0.6) is 0 Å². The number of hydrogen-bond acceptors (Lipinski definition) is 1. The van der Waals surface area contributed by atoms with Crippen LogP contribution in [0.2, 0.25) is 5.02 Å². The van der Waals surface area contributed by atoms with E-state index in [2.05, 4.69) is 10.6 Å². The quantitative estimate of drug-likeness (QED) is 0.792. The predicted octanol–water partition coefficient (Wildman–Crippen LogP) is 4.60. The van der Waals surface area contributed by atoms with Crippen molar-refractivity contribution < 1.29 is 4.39 Å². The number of nitrogens with one attached hydrogen (secondary N) is 2. The van der Waals surface area contributed by atoms with Crippen LogP contribution >= 0.6 is 23.8 Å². The lowest BCUT2D eigenvalue weighted by molar-refractivity contribution is 0.628. The SMILES string of the molecule is Cc1ccc(F)cc1NC(=S)Nc1cccc(Cl)c1. The molecule has 0 bridgehead atoms. The summed E-state index contributed by atoms with van der Waals surface area (Å²) < 4.78 is 13.2. The summed E-state index contributed by atoms with van der Waals surface area (Å²) in [4.78, 5) is 0. The Bertz CT molecular complexity index is 616. The zero-order valence-corrected chi connectivity index (χ0v) is 11.8. The summed E-state index contributed by atoms with van der Waals surface area (Å²) in [6.45, 7) is 1.88. The fourth-order valence-electron chi connectivity index (χ4n) is 1.58. The second kappa shape index (κ2) is 5.99. The van der Waals surface area contributed by atoms with Gasteiger partial charge in [0, 0.05) is 16.4 Å². The van der Waals surface area contributed by atoms with Gasteiger partial charge in [0.1, 0.15) is 5.82 Å². The molecular formula is C14H12ClFN2S. The molecule has 0 radical (unpaired) electrons. The Balaban J connectivity index is 2.07. The van der Waals surface area contributed by atoms with Gasteiger partial charge in [-0.25, -0.2) is 4.39 Å². The van der Waals surface area contributed by atoms with Gasteiger partial charge in [-0.2, -0.15) is 0 Å². The molecule has 0 heterocycles. The van der Waals surface area contributed by atoms with Crippen molar-refractivity contribution in [2.45, 2.75) is 6.92 Å².